The molecular weight excluding hydrogens is 332 g/mol. The van der Waals surface area contributed by atoms with Gasteiger partial charge in [-0.25, -0.2) is 0 Å². The molecule has 1 unspecified atom stereocenters. The molecule has 0 aliphatic carbocycles. The molecule has 1 aliphatic rings. The number of benzene rings is 2. The van der Waals surface area contributed by atoms with Crippen molar-refractivity contribution in [3.63, 3.8) is 0 Å². The molecule has 0 fully saturated rings. The van der Waals surface area contributed by atoms with Crippen LogP contribution < -0.4 is 4.74 Å². The lowest BCUT2D eigenvalue weighted by molar-refractivity contribution is -0.384. The first-order valence-electron chi connectivity index (χ1n) is 8.31. The number of fused-ring (bicyclic) bond motifs is 1. The Morgan fingerprint density at radius 1 is 1.23 bits per heavy atom. The van der Waals surface area contributed by atoms with Crippen LogP contribution in [0.25, 0.3) is 6.08 Å². The minimum Gasteiger partial charge on any atom is -0.481 e. The molecular formula is C20H20N2O4. The van der Waals surface area contributed by atoms with Crippen LogP contribution in [0.4, 0.5) is 5.69 Å². The Bertz CT molecular complexity index is 863. The van der Waals surface area contributed by atoms with Gasteiger partial charge in [0.25, 0.3) is 5.69 Å². The summed E-state index contributed by atoms with van der Waals surface area (Å²) in [6.07, 6.45) is 3.98. The van der Waals surface area contributed by atoms with E-state index in [4.69, 9.17) is 4.74 Å². The van der Waals surface area contributed by atoms with Crippen LogP contribution in [0.5, 0.6) is 5.75 Å². The summed E-state index contributed by atoms with van der Waals surface area (Å²) in [5.41, 5.74) is 0.961. The predicted molar refractivity (Wildman–Crippen MR) is 98.9 cm³/mol. The van der Waals surface area contributed by atoms with E-state index in [-0.39, 0.29) is 11.6 Å². The van der Waals surface area contributed by atoms with E-state index in [0.29, 0.717) is 24.3 Å². The van der Waals surface area contributed by atoms with Crippen LogP contribution in [0.1, 0.15) is 18.1 Å². The van der Waals surface area contributed by atoms with Crippen molar-refractivity contribution in [2.24, 2.45) is 0 Å². The first-order chi connectivity index (χ1) is 12.4. The average molecular weight is 352 g/mol. The number of hydrogen-bond donors (Lipinski definition) is 0. The van der Waals surface area contributed by atoms with Crippen molar-refractivity contribution < 1.29 is 14.5 Å². The number of nitro benzene ring substituents is 1. The van der Waals surface area contributed by atoms with E-state index in [1.165, 1.54) is 12.1 Å². The monoisotopic (exact) mass is 352 g/mol. The fourth-order valence-electron chi connectivity index (χ4n) is 2.97. The predicted octanol–water partition coefficient (Wildman–Crippen LogP) is 3.46. The number of carbonyl (C=O) groups is 1. The highest BCUT2D eigenvalue weighted by Crippen LogP contribution is 2.33. The SMILES string of the molecule is CN(CC1(C)C=Cc2cc([N+](=O)[O-])ccc2O1)C(=O)Cc1ccccc1. The third kappa shape index (κ3) is 3.91. The lowest BCUT2D eigenvalue weighted by Crippen LogP contribution is -2.45. The summed E-state index contributed by atoms with van der Waals surface area (Å²) in [7, 11) is 1.75. The van der Waals surface area contributed by atoms with Crippen LogP contribution in [0.3, 0.4) is 0 Å². The quantitative estimate of drug-likeness (QED) is 0.610. The lowest BCUT2D eigenvalue weighted by atomic mass is 9.99. The second-order valence-electron chi connectivity index (χ2n) is 6.64. The number of ether oxygens (including phenoxy) is 1. The minimum atomic E-state index is -0.690. The van der Waals surface area contributed by atoms with Crippen LogP contribution in [0.2, 0.25) is 0 Å². The number of likely N-dealkylation sites (N-methyl/N-ethyl adjacent to an activating group) is 1. The van der Waals surface area contributed by atoms with Crippen molar-refractivity contribution in [2.45, 2.75) is 18.9 Å². The van der Waals surface area contributed by atoms with Gasteiger partial charge in [0.05, 0.1) is 17.9 Å². The maximum Gasteiger partial charge on any atom is 0.270 e. The molecule has 1 heterocycles. The zero-order valence-electron chi connectivity index (χ0n) is 14.7. The summed E-state index contributed by atoms with van der Waals surface area (Å²) in [6.45, 7) is 2.27. The van der Waals surface area contributed by atoms with Gasteiger partial charge in [-0.3, -0.25) is 14.9 Å². The molecule has 2 aromatic rings. The van der Waals surface area contributed by atoms with Crippen LogP contribution in [-0.2, 0) is 11.2 Å². The second-order valence-corrected chi connectivity index (χ2v) is 6.64. The van der Waals surface area contributed by atoms with Gasteiger partial charge in [-0.2, -0.15) is 0 Å². The molecule has 3 rings (SSSR count). The molecule has 1 atom stereocenters. The largest absolute Gasteiger partial charge is 0.481 e. The Labute approximate surface area is 151 Å². The molecule has 134 valence electrons. The number of non-ortho nitro benzene ring substituents is 1. The molecule has 0 spiro atoms. The Morgan fingerprint density at radius 3 is 2.65 bits per heavy atom. The average Bonchev–Trinajstić information content (AvgIpc) is 2.61. The normalized spacial score (nSPS) is 17.9. The number of hydrogen-bond acceptors (Lipinski definition) is 4. The molecule has 0 saturated heterocycles. The summed E-state index contributed by atoms with van der Waals surface area (Å²) in [5.74, 6) is 0.577. The van der Waals surface area contributed by atoms with E-state index < -0.39 is 10.5 Å². The summed E-state index contributed by atoms with van der Waals surface area (Å²) in [6, 6.07) is 14.1. The Kier molecular flexibility index (Phi) is 4.75. The van der Waals surface area contributed by atoms with Crippen LogP contribution in [0.15, 0.2) is 54.6 Å². The van der Waals surface area contributed by atoms with Gasteiger partial charge < -0.3 is 9.64 Å². The highest BCUT2D eigenvalue weighted by Gasteiger charge is 2.31. The van der Waals surface area contributed by atoms with Crippen molar-refractivity contribution in [1.29, 1.82) is 0 Å². The molecule has 0 saturated carbocycles. The fraction of sp³-hybridized carbons (Fsp3) is 0.250. The van der Waals surface area contributed by atoms with Crippen LogP contribution >= 0.6 is 0 Å². The smallest absolute Gasteiger partial charge is 0.270 e. The molecule has 1 amide bonds. The summed E-state index contributed by atoms with van der Waals surface area (Å²) >= 11 is 0. The first kappa shape index (κ1) is 17.7. The second kappa shape index (κ2) is 7.00. The number of rotatable bonds is 5. The zero-order chi connectivity index (χ0) is 18.7. The molecule has 0 aromatic heterocycles. The Morgan fingerprint density at radius 2 is 1.96 bits per heavy atom. The summed E-state index contributed by atoms with van der Waals surface area (Å²) in [4.78, 5) is 24.6. The molecule has 0 N–H and O–H groups in total. The molecule has 2 aromatic carbocycles. The number of nitrogens with zero attached hydrogens (tertiary/aromatic N) is 2. The van der Waals surface area contributed by atoms with Gasteiger partial charge in [0.15, 0.2) is 0 Å². The summed E-state index contributed by atoms with van der Waals surface area (Å²) < 4.78 is 6.02. The standard InChI is InChI=1S/C20H20N2O4/c1-20(14-21(2)19(23)12-15-6-4-3-5-7-15)11-10-16-13-17(22(24)25)8-9-18(16)26-20/h3-11,13H,12,14H2,1-2H3. The topological polar surface area (TPSA) is 72.7 Å². The van der Waals surface area contributed by atoms with E-state index in [2.05, 4.69) is 0 Å². The Hall–Kier alpha value is -3.15. The molecule has 0 bridgehead atoms. The van der Waals surface area contributed by atoms with Gasteiger partial charge in [-0.1, -0.05) is 36.4 Å². The summed E-state index contributed by atoms with van der Waals surface area (Å²) in [5, 5.41) is 10.9. The van der Waals surface area contributed by atoms with E-state index in [9.17, 15) is 14.9 Å². The van der Waals surface area contributed by atoms with Crippen molar-refractivity contribution >= 4 is 17.7 Å². The van der Waals surface area contributed by atoms with Crippen molar-refractivity contribution in [3.05, 3.63) is 75.8 Å². The van der Waals surface area contributed by atoms with E-state index in [1.54, 1.807) is 24.1 Å². The highest BCUT2D eigenvalue weighted by atomic mass is 16.6. The zero-order valence-corrected chi connectivity index (χ0v) is 14.7. The van der Waals surface area contributed by atoms with E-state index in [1.807, 2.05) is 43.3 Å². The van der Waals surface area contributed by atoms with E-state index in [0.717, 1.165) is 5.56 Å². The molecule has 26 heavy (non-hydrogen) atoms. The Balaban J connectivity index is 1.69. The van der Waals surface area contributed by atoms with Crippen LogP contribution in [-0.4, -0.2) is 34.9 Å². The third-order valence-corrected chi connectivity index (χ3v) is 4.34. The molecule has 1 aliphatic heterocycles. The highest BCUT2D eigenvalue weighted by molar-refractivity contribution is 5.78. The maximum absolute atomic E-state index is 12.5. The van der Waals surface area contributed by atoms with Gasteiger partial charge in [-0.05, 0) is 24.6 Å². The van der Waals surface area contributed by atoms with Crippen molar-refractivity contribution in [3.8, 4) is 5.75 Å². The van der Waals surface area contributed by atoms with Crippen molar-refractivity contribution in [2.75, 3.05) is 13.6 Å². The first-order valence-corrected chi connectivity index (χ1v) is 8.31. The molecule has 6 heteroatoms. The van der Waals surface area contributed by atoms with Gasteiger partial charge >= 0.3 is 0 Å². The third-order valence-electron chi connectivity index (χ3n) is 4.34. The van der Waals surface area contributed by atoms with E-state index >= 15 is 0 Å². The molecule has 0 radical (unpaired) electrons. The van der Waals surface area contributed by atoms with Gasteiger partial charge in [0.1, 0.15) is 11.4 Å². The van der Waals surface area contributed by atoms with Gasteiger partial charge in [-0.15, -0.1) is 0 Å². The lowest BCUT2D eigenvalue weighted by Gasteiger charge is -2.35. The van der Waals surface area contributed by atoms with Gasteiger partial charge in [0.2, 0.25) is 5.91 Å². The maximum atomic E-state index is 12.5. The fourth-order valence-corrected chi connectivity index (χ4v) is 2.97. The number of amides is 1. The molecule has 6 nitrogen and oxygen atoms in total. The van der Waals surface area contributed by atoms with Gasteiger partial charge in [0, 0.05) is 24.7 Å². The van der Waals surface area contributed by atoms with Crippen molar-refractivity contribution in [1.82, 2.24) is 4.90 Å². The number of nitro groups is 1. The minimum absolute atomic E-state index is 0.00363. The van der Waals surface area contributed by atoms with Crippen LogP contribution in [0, 0.1) is 10.1 Å². The number of carbonyl (C=O) groups excluding carboxylic acids is 1.